The molecule has 0 aliphatic heterocycles. The van der Waals surface area contributed by atoms with Crippen LogP contribution in [-0.2, 0) is 4.74 Å². The molecule has 1 unspecified atom stereocenters. The van der Waals surface area contributed by atoms with E-state index in [-0.39, 0.29) is 0 Å². The Morgan fingerprint density at radius 3 is 2.76 bits per heavy atom. The van der Waals surface area contributed by atoms with Crippen molar-refractivity contribution in [3.8, 4) is 0 Å². The Morgan fingerprint density at radius 1 is 1.35 bits per heavy atom. The first-order chi connectivity index (χ1) is 8.13. The first-order valence-corrected chi connectivity index (χ1v) is 6.79. The lowest BCUT2D eigenvalue weighted by Crippen LogP contribution is -2.02. The molecule has 1 atom stereocenters. The zero-order valence-electron chi connectivity index (χ0n) is 11.6. The summed E-state index contributed by atoms with van der Waals surface area (Å²) in [6.45, 7) is 11.1. The van der Waals surface area contributed by atoms with Gasteiger partial charge in [0, 0.05) is 6.42 Å². The van der Waals surface area contributed by atoms with Gasteiger partial charge in [-0.1, -0.05) is 36.3 Å². The minimum Gasteiger partial charge on any atom is -0.499 e. The molecule has 1 rings (SSSR count). The molecule has 17 heavy (non-hydrogen) atoms. The van der Waals surface area contributed by atoms with Crippen LogP contribution in [0.3, 0.4) is 0 Å². The Bertz CT molecular complexity index is 309. The third-order valence-corrected chi connectivity index (χ3v) is 3.46. The predicted molar refractivity (Wildman–Crippen MR) is 74.9 cm³/mol. The standard InChI is InChI=1S/C16H26O/c1-5-17-15(4)8-6-7-9-16-11-10-13(2)14(3)12-16/h10,12,16H,4-9,11H2,1-3H3. The lowest BCUT2D eigenvalue weighted by atomic mass is 9.88. The van der Waals surface area contributed by atoms with Crippen LogP contribution in [0.2, 0.25) is 0 Å². The molecule has 0 amide bonds. The smallest absolute Gasteiger partial charge is 0.0888 e. The van der Waals surface area contributed by atoms with Gasteiger partial charge in [0.05, 0.1) is 12.4 Å². The van der Waals surface area contributed by atoms with Gasteiger partial charge in [-0.3, -0.25) is 0 Å². The molecule has 0 aromatic heterocycles. The van der Waals surface area contributed by atoms with Gasteiger partial charge in [-0.15, -0.1) is 0 Å². The highest BCUT2D eigenvalue weighted by atomic mass is 16.5. The van der Waals surface area contributed by atoms with Gasteiger partial charge in [0.15, 0.2) is 0 Å². The fourth-order valence-electron chi connectivity index (χ4n) is 2.25. The van der Waals surface area contributed by atoms with Gasteiger partial charge in [-0.05, 0) is 46.0 Å². The summed E-state index contributed by atoms with van der Waals surface area (Å²) in [7, 11) is 0. The Hall–Kier alpha value is -0.980. The van der Waals surface area contributed by atoms with Crippen LogP contribution < -0.4 is 0 Å². The topological polar surface area (TPSA) is 9.23 Å². The van der Waals surface area contributed by atoms with Crippen molar-refractivity contribution >= 4 is 0 Å². The summed E-state index contributed by atoms with van der Waals surface area (Å²) in [6.07, 6.45) is 10.8. The molecule has 96 valence electrons. The second kappa shape index (κ2) is 7.37. The van der Waals surface area contributed by atoms with Crippen molar-refractivity contribution in [1.29, 1.82) is 0 Å². The van der Waals surface area contributed by atoms with E-state index in [1.807, 2.05) is 6.92 Å². The first-order valence-electron chi connectivity index (χ1n) is 6.79. The van der Waals surface area contributed by atoms with Crippen LogP contribution in [0.5, 0.6) is 0 Å². The van der Waals surface area contributed by atoms with Crippen LogP contribution in [0, 0.1) is 5.92 Å². The average Bonchev–Trinajstić information content (AvgIpc) is 2.29. The highest BCUT2D eigenvalue weighted by molar-refractivity contribution is 5.30. The number of allylic oxidation sites excluding steroid dienone is 5. The second-order valence-corrected chi connectivity index (χ2v) is 4.95. The minimum atomic E-state index is 0.744. The lowest BCUT2D eigenvalue weighted by molar-refractivity contribution is 0.218. The molecule has 0 saturated carbocycles. The Morgan fingerprint density at radius 2 is 2.12 bits per heavy atom. The van der Waals surface area contributed by atoms with Crippen LogP contribution in [-0.4, -0.2) is 6.61 Å². The fraction of sp³-hybridized carbons (Fsp3) is 0.625. The van der Waals surface area contributed by atoms with Crippen molar-refractivity contribution in [2.75, 3.05) is 6.61 Å². The van der Waals surface area contributed by atoms with Crippen molar-refractivity contribution in [3.05, 3.63) is 35.6 Å². The predicted octanol–water partition coefficient (Wildman–Crippen LogP) is 5.01. The van der Waals surface area contributed by atoms with Gasteiger partial charge in [0.25, 0.3) is 0 Å². The summed E-state index contributed by atoms with van der Waals surface area (Å²) < 4.78 is 5.35. The quantitative estimate of drug-likeness (QED) is 0.444. The van der Waals surface area contributed by atoms with Crippen molar-refractivity contribution < 1.29 is 4.74 Å². The molecule has 1 aliphatic carbocycles. The number of ether oxygens (including phenoxy) is 1. The van der Waals surface area contributed by atoms with Crippen molar-refractivity contribution in [3.63, 3.8) is 0 Å². The van der Waals surface area contributed by atoms with Crippen LogP contribution in [0.15, 0.2) is 35.6 Å². The Kier molecular flexibility index (Phi) is 6.10. The fourth-order valence-corrected chi connectivity index (χ4v) is 2.25. The highest BCUT2D eigenvalue weighted by Crippen LogP contribution is 2.26. The van der Waals surface area contributed by atoms with Gasteiger partial charge in [0.1, 0.15) is 0 Å². The van der Waals surface area contributed by atoms with Gasteiger partial charge in [0.2, 0.25) is 0 Å². The molecule has 1 nitrogen and oxygen atoms in total. The number of rotatable bonds is 7. The molecule has 0 radical (unpaired) electrons. The average molecular weight is 234 g/mol. The highest BCUT2D eigenvalue weighted by Gasteiger charge is 2.10. The molecule has 0 spiro atoms. The van der Waals surface area contributed by atoms with E-state index in [1.54, 1.807) is 0 Å². The maximum Gasteiger partial charge on any atom is 0.0888 e. The summed E-state index contributed by atoms with van der Waals surface area (Å²) in [5, 5.41) is 0. The van der Waals surface area contributed by atoms with Crippen molar-refractivity contribution in [2.24, 2.45) is 5.92 Å². The Balaban J connectivity index is 2.14. The number of hydrogen-bond donors (Lipinski definition) is 0. The van der Waals surface area contributed by atoms with E-state index in [1.165, 1.54) is 36.8 Å². The maximum atomic E-state index is 5.35. The largest absolute Gasteiger partial charge is 0.499 e. The van der Waals surface area contributed by atoms with E-state index in [0.717, 1.165) is 24.7 Å². The summed E-state index contributed by atoms with van der Waals surface area (Å²) in [6, 6.07) is 0. The van der Waals surface area contributed by atoms with Crippen LogP contribution >= 0.6 is 0 Å². The Labute approximate surface area is 106 Å². The zero-order valence-corrected chi connectivity index (χ0v) is 11.6. The SMILES string of the molecule is C=C(CCCCC1C=C(C)C(C)=CC1)OCC. The molecule has 0 aromatic rings. The van der Waals surface area contributed by atoms with E-state index < -0.39 is 0 Å². The molecule has 1 aliphatic rings. The van der Waals surface area contributed by atoms with E-state index in [4.69, 9.17) is 4.74 Å². The lowest BCUT2D eigenvalue weighted by Gasteiger charge is -2.18. The molecular weight excluding hydrogens is 208 g/mol. The molecule has 1 heteroatoms. The van der Waals surface area contributed by atoms with Gasteiger partial charge in [-0.25, -0.2) is 0 Å². The third kappa shape index (κ3) is 5.25. The van der Waals surface area contributed by atoms with Crippen molar-refractivity contribution in [1.82, 2.24) is 0 Å². The molecule has 0 heterocycles. The van der Waals surface area contributed by atoms with Crippen LogP contribution in [0.1, 0.15) is 52.9 Å². The molecular formula is C16H26O. The monoisotopic (exact) mass is 234 g/mol. The molecule has 0 N–H and O–H groups in total. The van der Waals surface area contributed by atoms with Crippen LogP contribution in [0.4, 0.5) is 0 Å². The van der Waals surface area contributed by atoms with E-state index in [0.29, 0.717) is 0 Å². The second-order valence-electron chi connectivity index (χ2n) is 4.95. The molecule has 0 fully saturated rings. The van der Waals surface area contributed by atoms with Crippen LogP contribution in [0.25, 0.3) is 0 Å². The van der Waals surface area contributed by atoms with E-state index >= 15 is 0 Å². The molecule has 0 aromatic carbocycles. The number of unbranched alkanes of at least 4 members (excludes halogenated alkanes) is 1. The molecule has 0 saturated heterocycles. The summed E-state index contributed by atoms with van der Waals surface area (Å²) in [4.78, 5) is 0. The van der Waals surface area contributed by atoms with E-state index in [2.05, 4.69) is 32.6 Å². The minimum absolute atomic E-state index is 0.744. The van der Waals surface area contributed by atoms with Gasteiger partial charge >= 0.3 is 0 Å². The number of hydrogen-bond acceptors (Lipinski definition) is 1. The molecule has 0 bridgehead atoms. The van der Waals surface area contributed by atoms with Crippen molar-refractivity contribution in [2.45, 2.75) is 52.9 Å². The summed E-state index contributed by atoms with van der Waals surface area (Å²) in [5.74, 6) is 1.69. The van der Waals surface area contributed by atoms with E-state index in [9.17, 15) is 0 Å². The maximum absolute atomic E-state index is 5.35. The first kappa shape index (κ1) is 14.1. The summed E-state index contributed by atoms with van der Waals surface area (Å²) >= 11 is 0. The summed E-state index contributed by atoms with van der Waals surface area (Å²) in [5.41, 5.74) is 2.91. The third-order valence-electron chi connectivity index (χ3n) is 3.46. The normalized spacial score (nSPS) is 19.6. The zero-order chi connectivity index (χ0) is 12.7. The van der Waals surface area contributed by atoms with Gasteiger partial charge < -0.3 is 4.74 Å². The van der Waals surface area contributed by atoms with Gasteiger partial charge in [-0.2, -0.15) is 0 Å².